The average molecular weight is 242 g/mol. The third-order valence-corrected chi connectivity index (χ3v) is 4.61. The lowest BCUT2D eigenvalue weighted by atomic mass is 10.1. The van der Waals surface area contributed by atoms with Gasteiger partial charge in [-0.15, -0.1) is 0 Å². The van der Waals surface area contributed by atoms with E-state index < -0.39 is 15.6 Å². The Labute approximate surface area is 94.8 Å². The Morgan fingerprint density at radius 1 is 1.38 bits per heavy atom. The molecule has 1 fully saturated rings. The van der Waals surface area contributed by atoms with Crippen LogP contribution in [0.25, 0.3) is 0 Å². The van der Waals surface area contributed by atoms with Crippen LogP contribution in [0.5, 0.6) is 0 Å². The third-order valence-electron chi connectivity index (χ3n) is 2.86. The first-order valence-corrected chi connectivity index (χ1v) is 6.79. The Kier molecular flexibility index (Phi) is 2.57. The fraction of sp³-hybridized carbons (Fsp3) is 0.455. The molecular weight excluding hydrogens is 228 g/mol. The summed E-state index contributed by atoms with van der Waals surface area (Å²) in [5.74, 6) is -1.15. The summed E-state index contributed by atoms with van der Waals surface area (Å²) in [6.45, 7) is 3.36. The van der Waals surface area contributed by atoms with Gasteiger partial charge < -0.3 is 9.84 Å². The molecule has 1 aromatic rings. The summed E-state index contributed by atoms with van der Waals surface area (Å²) in [5, 5.41) is 9.85. The van der Waals surface area contributed by atoms with Gasteiger partial charge in [-0.1, -0.05) is 19.1 Å². The number of ether oxygens (including phenoxy) is 1. The maximum absolute atomic E-state index is 11.5. The zero-order chi connectivity index (χ0) is 12.0. The summed E-state index contributed by atoms with van der Waals surface area (Å²) in [7, 11) is -3.18. The molecule has 0 aliphatic carbocycles. The van der Waals surface area contributed by atoms with Crippen LogP contribution in [0.3, 0.4) is 0 Å². The van der Waals surface area contributed by atoms with Crippen molar-refractivity contribution < 1.29 is 18.3 Å². The van der Waals surface area contributed by atoms with Gasteiger partial charge in [0.2, 0.25) is 5.79 Å². The van der Waals surface area contributed by atoms with Crippen LogP contribution in [-0.2, 0) is 20.4 Å². The minimum Gasteiger partial charge on any atom is -0.360 e. The number of hydrogen-bond donors (Lipinski definition) is 1. The second kappa shape index (κ2) is 3.55. The van der Waals surface area contributed by atoms with Gasteiger partial charge in [0.15, 0.2) is 9.84 Å². The van der Waals surface area contributed by atoms with E-state index in [1.807, 2.05) is 0 Å². The third kappa shape index (κ3) is 1.75. The first-order chi connectivity index (χ1) is 7.40. The molecule has 1 N–H and O–H groups in total. The molecule has 5 heteroatoms. The molecule has 1 saturated heterocycles. The van der Waals surface area contributed by atoms with Crippen molar-refractivity contribution in [2.24, 2.45) is 0 Å². The van der Waals surface area contributed by atoms with Crippen LogP contribution in [0.2, 0.25) is 0 Å². The molecule has 0 spiro atoms. The van der Waals surface area contributed by atoms with Crippen molar-refractivity contribution in [3.63, 3.8) is 0 Å². The van der Waals surface area contributed by atoms with Gasteiger partial charge in [-0.05, 0) is 19.1 Å². The van der Waals surface area contributed by atoms with E-state index in [1.54, 1.807) is 26.0 Å². The van der Waals surface area contributed by atoms with Crippen molar-refractivity contribution >= 4 is 9.84 Å². The molecule has 1 aliphatic heterocycles. The summed E-state index contributed by atoms with van der Waals surface area (Å²) >= 11 is 0. The molecule has 0 amide bonds. The standard InChI is InChI=1S/C11H14O4S/c1-3-16(13,14)10-6-4-9(5-7-10)11(12)8(2)15-11/h4-8,12H,3H2,1-2H3/t8-,11+/m0/s1. The quantitative estimate of drug-likeness (QED) is 0.804. The largest absolute Gasteiger partial charge is 0.360 e. The molecular formula is C11H14O4S. The Bertz CT molecular complexity index is 491. The van der Waals surface area contributed by atoms with Crippen LogP contribution in [0.1, 0.15) is 19.4 Å². The highest BCUT2D eigenvalue weighted by Gasteiger charge is 2.53. The van der Waals surface area contributed by atoms with Gasteiger partial charge in [-0.2, -0.15) is 0 Å². The second-order valence-electron chi connectivity index (χ2n) is 3.88. The molecule has 2 atom stereocenters. The van der Waals surface area contributed by atoms with Crippen LogP contribution < -0.4 is 0 Å². The minimum atomic E-state index is -3.18. The number of aliphatic hydroxyl groups is 1. The monoisotopic (exact) mass is 242 g/mol. The highest BCUT2D eigenvalue weighted by Crippen LogP contribution is 2.43. The Morgan fingerprint density at radius 3 is 2.25 bits per heavy atom. The van der Waals surface area contributed by atoms with Gasteiger partial charge in [0, 0.05) is 5.56 Å². The van der Waals surface area contributed by atoms with E-state index in [2.05, 4.69) is 0 Å². The molecule has 1 aromatic carbocycles. The van der Waals surface area contributed by atoms with Gasteiger partial charge >= 0.3 is 0 Å². The van der Waals surface area contributed by atoms with Crippen molar-refractivity contribution in [3.05, 3.63) is 29.8 Å². The van der Waals surface area contributed by atoms with Gasteiger partial charge in [0.25, 0.3) is 0 Å². The smallest absolute Gasteiger partial charge is 0.219 e. The van der Waals surface area contributed by atoms with E-state index in [0.29, 0.717) is 5.56 Å². The number of epoxide rings is 1. The SMILES string of the molecule is CCS(=O)(=O)c1ccc([C@]2(O)O[C@H]2C)cc1. The van der Waals surface area contributed by atoms with Gasteiger partial charge in [-0.3, -0.25) is 0 Å². The van der Waals surface area contributed by atoms with E-state index >= 15 is 0 Å². The van der Waals surface area contributed by atoms with Crippen LogP contribution in [0, 0.1) is 0 Å². The molecule has 4 nitrogen and oxygen atoms in total. The number of rotatable bonds is 3. The van der Waals surface area contributed by atoms with Gasteiger partial charge in [0.1, 0.15) is 6.10 Å². The van der Waals surface area contributed by atoms with Crippen LogP contribution >= 0.6 is 0 Å². The van der Waals surface area contributed by atoms with E-state index in [1.165, 1.54) is 12.1 Å². The van der Waals surface area contributed by atoms with E-state index in [0.717, 1.165) is 0 Å². The summed E-state index contributed by atoms with van der Waals surface area (Å²) < 4.78 is 28.1. The normalized spacial score (nSPS) is 29.1. The Morgan fingerprint density at radius 2 is 1.88 bits per heavy atom. The number of sulfone groups is 1. The Balaban J connectivity index is 2.31. The predicted octanol–water partition coefficient (Wildman–Crippen LogP) is 1.04. The molecule has 0 unspecified atom stereocenters. The van der Waals surface area contributed by atoms with Gasteiger partial charge in [0.05, 0.1) is 10.6 Å². The highest BCUT2D eigenvalue weighted by molar-refractivity contribution is 7.91. The highest BCUT2D eigenvalue weighted by atomic mass is 32.2. The number of hydrogen-bond acceptors (Lipinski definition) is 4. The first-order valence-electron chi connectivity index (χ1n) is 5.13. The lowest BCUT2D eigenvalue weighted by Crippen LogP contribution is -2.10. The zero-order valence-electron chi connectivity index (χ0n) is 9.17. The van der Waals surface area contributed by atoms with Crippen molar-refractivity contribution in [1.29, 1.82) is 0 Å². The zero-order valence-corrected chi connectivity index (χ0v) is 9.99. The second-order valence-corrected chi connectivity index (χ2v) is 6.16. The summed E-state index contributed by atoms with van der Waals surface area (Å²) in [6.07, 6.45) is -0.235. The minimum absolute atomic E-state index is 0.0729. The lowest BCUT2D eigenvalue weighted by Gasteiger charge is -2.06. The summed E-state index contributed by atoms with van der Waals surface area (Å²) in [4.78, 5) is 0.274. The topological polar surface area (TPSA) is 66.9 Å². The summed E-state index contributed by atoms with van der Waals surface area (Å²) in [5.41, 5.74) is 0.593. The molecule has 0 radical (unpaired) electrons. The maximum atomic E-state index is 11.5. The molecule has 1 aliphatic rings. The predicted molar refractivity (Wildman–Crippen MR) is 58.6 cm³/mol. The van der Waals surface area contributed by atoms with Crippen molar-refractivity contribution in [1.82, 2.24) is 0 Å². The molecule has 0 aromatic heterocycles. The fourth-order valence-electron chi connectivity index (χ4n) is 1.61. The van der Waals surface area contributed by atoms with Crippen LogP contribution in [-0.4, -0.2) is 25.4 Å². The number of benzene rings is 1. The lowest BCUT2D eigenvalue weighted by molar-refractivity contribution is 0.0333. The first kappa shape index (κ1) is 11.6. The molecule has 1 heterocycles. The summed E-state index contributed by atoms with van der Waals surface area (Å²) in [6, 6.07) is 6.18. The van der Waals surface area contributed by atoms with E-state index in [-0.39, 0.29) is 16.8 Å². The molecule has 2 rings (SSSR count). The van der Waals surface area contributed by atoms with Crippen molar-refractivity contribution in [3.8, 4) is 0 Å². The van der Waals surface area contributed by atoms with Crippen molar-refractivity contribution in [2.45, 2.75) is 30.6 Å². The average Bonchev–Trinajstić information content (AvgIpc) is 2.89. The molecule has 0 saturated carbocycles. The maximum Gasteiger partial charge on any atom is 0.219 e. The van der Waals surface area contributed by atoms with Gasteiger partial charge in [-0.25, -0.2) is 8.42 Å². The van der Waals surface area contributed by atoms with Crippen molar-refractivity contribution in [2.75, 3.05) is 5.75 Å². The van der Waals surface area contributed by atoms with E-state index in [4.69, 9.17) is 4.74 Å². The fourth-order valence-corrected chi connectivity index (χ4v) is 2.49. The Hall–Kier alpha value is -0.910. The molecule has 0 bridgehead atoms. The van der Waals surface area contributed by atoms with E-state index in [9.17, 15) is 13.5 Å². The van der Waals surface area contributed by atoms with Crippen LogP contribution in [0.15, 0.2) is 29.2 Å². The van der Waals surface area contributed by atoms with Crippen LogP contribution in [0.4, 0.5) is 0 Å². The molecule has 88 valence electrons. The molecule has 16 heavy (non-hydrogen) atoms.